The SMILES string of the molecule is COCCCN(Cc1ccc(OC)c(OC)c1)C[C@@H](O)Cc1ccccc1. The molecule has 2 aromatic rings. The fourth-order valence-corrected chi connectivity index (χ4v) is 3.15. The lowest BCUT2D eigenvalue weighted by Crippen LogP contribution is -2.34. The Morgan fingerprint density at radius 1 is 0.926 bits per heavy atom. The molecule has 0 aliphatic carbocycles. The van der Waals surface area contributed by atoms with Crippen LogP contribution in [0.4, 0.5) is 0 Å². The Morgan fingerprint density at radius 3 is 2.33 bits per heavy atom. The van der Waals surface area contributed by atoms with Crippen LogP contribution in [0.1, 0.15) is 17.5 Å². The molecule has 0 aromatic heterocycles. The van der Waals surface area contributed by atoms with Gasteiger partial charge in [0.05, 0.1) is 20.3 Å². The van der Waals surface area contributed by atoms with Crippen molar-refractivity contribution in [3.05, 3.63) is 59.7 Å². The van der Waals surface area contributed by atoms with Gasteiger partial charge in [0.15, 0.2) is 11.5 Å². The summed E-state index contributed by atoms with van der Waals surface area (Å²) in [6, 6.07) is 16.0. The lowest BCUT2D eigenvalue weighted by Gasteiger charge is -2.25. The smallest absolute Gasteiger partial charge is 0.161 e. The normalized spacial score (nSPS) is 12.2. The number of hydrogen-bond donors (Lipinski definition) is 1. The average molecular weight is 373 g/mol. The van der Waals surface area contributed by atoms with Crippen molar-refractivity contribution in [2.45, 2.75) is 25.5 Å². The van der Waals surface area contributed by atoms with Crippen molar-refractivity contribution in [2.24, 2.45) is 0 Å². The van der Waals surface area contributed by atoms with Crippen LogP contribution in [0.3, 0.4) is 0 Å². The van der Waals surface area contributed by atoms with Crippen molar-refractivity contribution in [1.82, 2.24) is 4.90 Å². The molecule has 148 valence electrons. The Hall–Kier alpha value is -2.08. The number of methoxy groups -OCH3 is 3. The first kappa shape index (κ1) is 21.2. The molecule has 0 radical (unpaired) electrons. The summed E-state index contributed by atoms with van der Waals surface area (Å²) in [7, 11) is 4.99. The fourth-order valence-electron chi connectivity index (χ4n) is 3.15. The molecule has 0 unspecified atom stereocenters. The lowest BCUT2D eigenvalue weighted by atomic mass is 10.1. The van der Waals surface area contributed by atoms with Gasteiger partial charge in [-0.05, 0) is 36.1 Å². The molecule has 0 aliphatic heterocycles. The van der Waals surface area contributed by atoms with Gasteiger partial charge in [-0.3, -0.25) is 4.90 Å². The van der Waals surface area contributed by atoms with Crippen molar-refractivity contribution in [3.63, 3.8) is 0 Å². The van der Waals surface area contributed by atoms with Gasteiger partial charge in [-0.1, -0.05) is 36.4 Å². The van der Waals surface area contributed by atoms with Gasteiger partial charge in [0.2, 0.25) is 0 Å². The van der Waals surface area contributed by atoms with Crippen molar-refractivity contribution in [1.29, 1.82) is 0 Å². The zero-order chi connectivity index (χ0) is 19.5. The van der Waals surface area contributed by atoms with E-state index in [-0.39, 0.29) is 0 Å². The first-order valence-electron chi connectivity index (χ1n) is 9.30. The molecule has 5 heteroatoms. The first-order valence-corrected chi connectivity index (χ1v) is 9.30. The van der Waals surface area contributed by atoms with Crippen LogP contribution in [0.5, 0.6) is 11.5 Å². The van der Waals surface area contributed by atoms with Crippen molar-refractivity contribution in [3.8, 4) is 11.5 Å². The van der Waals surface area contributed by atoms with Crippen LogP contribution in [0.15, 0.2) is 48.5 Å². The third-order valence-electron chi connectivity index (χ3n) is 4.46. The van der Waals surface area contributed by atoms with Crippen molar-refractivity contribution >= 4 is 0 Å². The van der Waals surface area contributed by atoms with Crippen LogP contribution < -0.4 is 9.47 Å². The van der Waals surface area contributed by atoms with Crippen LogP contribution in [0.2, 0.25) is 0 Å². The van der Waals surface area contributed by atoms with Gasteiger partial charge in [-0.2, -0.15) is 0 Å². The van der Waals surface area contributed by atoms with E-state index in [0.717, 1.165) is 42.1 Å². The lowest BCUT2D eigenvalue weighted by molar-refractivity contribution is 0.0993. The zero-order valence-electron chi connectivity index (χ0n) is 16.6. The summed E-state index contributed by atoms with van der Waals surface area (Å²) in [4.78, 5) is 2.26. The number of nitrogens with zero attached hydrogens (tertiary/aromatic N) is 1. The molecule has 0 saturated carbocycles. The minimum Gasteiger partial charge on any atom is -0.493 e. The quantitative estimate of drug-likeness (QED) is 0.579. The molecule has 2 aromatic carbocycles. The van der Waals surface area contributed by atoms with E-state index in [9.17, 15) is 5.11 Å². The molecule has 0 amide bonds. The predicted octanol–water partition coefficient (Wildman–Crippen LogP) is 3.15. The maximum absolute atomic E-state index is 10.6. The molecule has 0 saturated heterocycles. The summed E-state index contributed by atoms with van der Waals surface area (Å²) >= 11 is 0. The summed E-state index contributed by atoms with van der Waals surface area (Å²) in [6.07, 6.45) is 1.14. The predicted molar refractivity (Wildman–Crippen MR) is 107 cm³/mol. The first-order chi connectivity index (χ1) is 13.2. The number of benzene rings is 2. The number of aliphatic hydroxyl groups is 1. The Kier molecular flexibility index (Phi) is 9.11. The minimum atomic E-state index is -0.421. The highest BCUT2D eigenvalue weighted by Gasteiger charge is 2.14. The van der Waals surface area contributed by atoms with Gasteiger partial charge in [0.1, 0.15) is 0 Å². The summed E-state index contributed by atoms with van der Waals surface area (Å²) in [5.41, 5.74) is 2.27. The number of hydrogen-bond acceptors (Lipinski definition) is 5. The minimum absolute atomic E-state index is 0.421. The molecule has 0 heterocycles. The fraction of sp³-hybridized carbons (Fsp3) is 0.455. The van der Waals surface area contributed by atoms with E-state index in [4.69, 9.17) is 14.2 Å². The second-order valence-electron chi connectivity index (χ2n) is 6.61. The van der Waals surface area contributed by atoms with Crippen LogP contribution in [0.25, 0.3) is 0 Å². The van der Waals surface area contributed by atoms with E-state index in [0.29, 0.717) is 19.6 Å². The molecule has 5 nitrogen and oxygen atoms in total. The third-order valence-corrected chi connectivity index (χ3v) is 4.46. The zero-order valence-corrected chi connectivity index (χ0v) is 16.6. The Balaban J connectivity index is 2.02. The Labute approximate surface area is 162 Å². The third kappa shape index (κ3) is 7.21. The standard InChI is InChI=1S/C22H31NO4/c1-25-13-7-12-23(17-20(24)14-18-8-5-4-6-9-18)16-19-10-11-21(26-2)22(15-19)27-3/h4-6,8-11,15,20,24H,7,12-14,16-17H2,1-3H3/t20-/m0/s1. The summed E-state index contributed by atoms with van der Waals surface area (Å²) in [5, 5.41) is 10.6. The van der Waals surface area contributed by atoms with Gasteiger partial charge >= 0.3 is 0 Å². The second-order valence-corrected chi connectivity index (χ2v) is 6.61. The van der Waals surface area contributed by atoms with Gasteiger partial charge < -0.3 is 19.3 Å². The topological polar surface area (TPSA) is 51.2 Å². The Morgan fingerprint density at radius 2 is 1.67 bits per heavy atom. The molecule has 1 atom stereocenters. The van der Waals surface area contributed by atoms with Crippen LogP contribution in [0, 0.1) is 0 Å². The molecule has 0 spiro atoms. The van der Waals surface area contributed by atoms with E-state index in [1.54, 1.807) is 21.3 Å². The summed E-state index contributed by atoms with van der Waals surface area (Å²) in [6.45, 7) is 2.90. The van der Waals surface area contributed by atoms with E-state index < -0.39 is 6.10 Å². The van der Waals surface area contributed by atoms with Crippen LogP contribution in [-0.4, -0.2) is 57.1 Å². The molecule has 0 bridgehead atoms. The van der Waals surface area contributed by atoms with E-state index in [1.807, 2.05) is 48.5 Å². The maximum atomic E-state index is 10.6. The van der Waals surface area contributed by atoms with E-state index in [2.05, 4.69) is 4.90 Å². The highest BCUT2D eigenvalue weighted by atomic mass is 16.5. The Bertz CT molecular complexity index is 663. The molecule has 0 fully saturated rings. The van der Waals surface area contributed by atoms with Crippen LogP contribution >= 0.6 is 0 Å². The van der Waals surface area contributed by atoms with E-state index >= 15 is 0 Å². The van der Waals surface area contributed by atoms with Gasteiger partial charge in [-0.25, -0.2) is 0 Å². The monoisotopic (exact) mass is 373 g/mol. The van der Waals surface area contributed by atoms with Crippen molar-refractivity contribution in [2.75, 3.05) is 41.0 Å². The number of aliphatic hydroxyl groups excluding tert-OH is 1. The molecule has 0 aliphatic rings. The summed E-state index contributed by atoms with van der Waals surface area (Å²) in [5.74, 6) is 1.44. The van der Waals surface area contributed by atoms with Gasteiger partial charge in [0.25, 0.3) is 0 Å². The molecule has 1 N–H and O–H groups in total. The number of ether oxygens (including phenoxy) is 3. The molecular weight excluding hydrogens is 342 g/mol. The molecule has 27 heavy (non-hydrogen) atoms. The van der Waals surface area contributed by atoms with Gasteiger partial charge in [0, 0.05) is 33.4 Å². The maximum Gasteiger partial charge on any atom is 0.161 e. The largest absolute Gasteiger partial charge is 0.493 e. The second kappa shape index (κ2) is 11.6. The molecular formula is C22H31NO4. The van der Waals surface area contributed by atoms with Crippen molar-refractivity contribution < 1.29 is 19.3 Å². The van der Waals surface area contributed by atoms with E-state index in [1.165, 1.54) is 0 Å². The summed E-state index contributed by atoms with van der Waals surface area (Å²) < 4.78 is 15.9. The average Bonchev–Trinajstić information content (AvgIpc) is 2.68. The highest BCUT2D eigenvalue weighted by Crippen LogP contribution is 2.28. The number of rotatable bonds is 12. The van der Waals surface area contributed by atoms with Crippen LogP contribution in [-0.2, 0) is 17.7 Å². The molecule has 2 rings (SSSR count). The van der Waals surface area contributed by atoms with Gasteiger partial charge in [-0.15, -0.1) is 0 Å². The highest BCUT2D eigenvalue weighted by molar-refractivity contribution is 5.42.